The molecule has 0 aromatic carbocycles. The summed E-state index contributed by atoms with van der Waals surface area (Å²) in [5.41, 5.74) is -0.480. The molecule has 17 heavy (non-hydrogen) atoms. The van der Waals surface area contributed by atoms with Crippen LogP contribution in [0.5, 0.6) is 0 Å². The monoisotopic (exact) mass is 238 g/mol. The largest absolute Gasteiger partial charge is 0.307 e. The average Bonchev–Trinajstić information content (AvgIpc) is 2.36. The average molecular weight is 238 g/mol. The highest BCUT2D eigenvalue weighted by Gasteiger charge is 2.34. The summed E-state index contributed by atoms with van der Waals surface area (Å²) < 4.78 is 13.2. The predicted molar refractivity (Wildman–Crippen MR) is 60.3 cm³/mol. The second-order valence-corrected chi connectivity index (χ2v) is 4.70. The zero-order valence-electron chi connectivity index (χ0n) is 9.74. The molecule has 0 spiro atoms. The van der Waals surface area contributed by atoms with Gasteiger partial charge in [-0.2, -0.15) is 4.39 Å². The van der Waals surface area contributed by atoms with Crippen LogP contribution in [0.4, 0.5) is 4.39 Å². The van der Waals surface area contributed by atoms with E-state index in [0.29, 0.717) is 5.82 Å². The molecule has 1 aromatic heterocycles. The Hall–Kier alpha value is -1.27. The van der Waals surface area contributed by atoms with E-state index in [9.17, 15) is 9.18 Å². The lowest BCUT2D eigenvalue weighted by Gasteiger charge is -2.46. The van der Waals surface area contributed by atoms with Crippen molar-refractivity contribution in [2.24, 2.45) is 0 Å². The van der Waals surface area contributed by atoms with Crippen molar-refractivity contribution in [1.82, 2.24) is 19.8 Å². The van der Waals surface area contributed by atoms with Crippen LogP contribution in [0.3, 0.4) is 0 Å². The summed E-state index contributed by atoms with van der Waals surface area (Å²) >= 11 is 0. The number of aryl methyl sites for hydroxylation is 1. The maximum absolute atomic E-state index is 13.2. The first-order chi connectivity index (χ1) is 8.15. The number of rotatable bonds is 1. The molecule has 92 valence electrons. The minimum absolute atomic E-state index is 0.101. The maximum Gasteiger partial charge on any atom is 0.287 e. The summed E-state index contributed by atoms with van der Waals surface area (Å²) in [5, 5.41) is 0. The van der Waals surface area contributed by atoms with E-state index in [4.69, 9.17) is 0 Å². The van der Waals surface area contributed by atoms with Crippen LogP contribution in [-0.2, 0) is 0 Å². The third kappa shape index (κ3) is 1.77. The molecule has 1 N–H and O–H groups in total. The molecule has 3 saturated heterocycles. The number of H-pyrrole nitrogens is 1. The van der Waals surface area contributed by atoms with Crippen LogP contribution >= 0.6 is 0 Å². The van der Waals surface area contributed by atoms with Crippen LogP contribution in [0.1, 0.15) is 17.6 Å². The third-order valence-electron chi connectivity index (χ3n) is 3.64. The first kappa shape index (κ1) is 10.9. The van der Waals surface area contributed by atoms with Crippen molar-refractivity contribution in [2.45, 2.75) is 13.0 Å². The van der Waals surface area contributed by atoms with E-state index in [1.807, 2.05) is 0 Å². The predicted octanol–water partition coefficient (Wildman–Crippen LogP) is -0.110. The highest BCUT2D eigenvalue weighted by Crippen LogP contribution is 2.26. The molecule has 3 aliphatic rings. The fourth-order valence-electron chi connectivity index (χ4n) is 2.63. The second-order valence-electron chi connectivity index (χ2n) is 4.70. The van der Waals surface area contributed by atoms with Gasteiger partial charge in [0.15, 0.2) is 0 Å². The summed E-state index contributed by atoms with van der Waals surface area (Å²) in [6, 6.07) is 0.101. The van der Waals surface area contributed by atoms with Crippen molar-refractivity contribution < 1.29 is 4.39 Å². The SMILES string of the molecule is Cc1nc(C2CN3CCN2CC3)[nH]c(=O)c1F. The van der Waals surface area contributed by atoms with Crippen molar-refractivity contribution >= 4 is 0 Å². The van der Waals surface area contributed by atoms with Gasteiger partial charge >= 0.3 is 0 Å². The molecule has 4 rings (SSSR count). The molecule has 0 amide bonds. The van der Waals surface area contributed by atoms with Crippen LogP contribution in [-0.4, -0.2) is 52.5 Å². The molecule has 6 heteroatoms. The van der Waals surface area contributed by atoms with Crippen LogP contribution in [0.2, 0.25) is 0 Å². The number of piperazine rings is 3. The Kier molecular flexibility index (Phi) is 2.48. The summed E-state index contributed by atoms with van der Waals surface area (Å²) in [7, 11) is 0. The molecule has 2 bridgehead atoms. The Bertz CT molecular complexity index is 493. The molecule has 1 atom stereocenters. The standard InChI is InChI=1S/C11H15FN4O/c1-7-9(12)11(17)14-10(13-7)8-6-15-2-4-16(8)5-3-15/h8H,2-6H2,1H3,(H,13,14,17). The molecule has 0 radical (unpaired) electrons. The number of fused-ring (bicyclic) bond motifs is 3. The van der Waals surface area contributed by atoms with Gasteiger partial charge in [-0.3, -0.25) is 14.6 Å². The summed E-state index contributed by atoms with van der Waals surface area (Å²) in [6.07, 6.45) is 0. The highest BCUT2D eigenvalue weighted by molar-refractivity contribution is 5.08. The molecule has 5 nitrogen and oxygen atoms in total. The van der Waals surface area contributed by atoms with Gasteiger partial charge in [0.2, 0.25) is 5.82 Å². The highest BCUT2D eigenvalue weighted by atomic mass is 19.1. The molecule has 0 aliphatic carbocycles. The Morgan fingerprint density at radius 2 is 2.06 bits per heavy atom. The van der Waals surface area contributed by atoms with Crippen LogP contribution < -0.4 is 5.56 Å². The lowest BCUT2D eigenvalue weighted by molar-refractivity contribution is 0.00838. The Labute approximate surface area is 98.3 Å². The smallest absolute Gasteiger partial charge is 0.287 e. The molecular formula is C11H15FN4O. The van der Waals surface area contributed by atoms with Crippen LogP contribution in [0.25, 0.3) is 0 Å². The lowest BCUT2D eigenvalue weighted by Crippen LogP contribution is -2.57. The van der Waals surface area contributed by atoms with Gasteiger partial charge in [0, 0.05) is 32.7 Å². The Morgan fingerprint density at radius 3 is 2.59 bits per heavy atom. The molecule has 3 aliphatic heterocycles. The first-order valence-electron chi connectivity index (χ1n) is 5.88. The quantitative estimate of drug-likeness (QED) is 0.741. The zero-order chi connectivity index (χ0) is 12.0. The first-order valence-corrected chi connectivity index (χ1v) is 5.88. The topological polar surface area (TPSA) is 52.2 Å². The molecular weight excluding hydrogens is 223 g/mol. The van der Waals surface area contributed by atoms with E-state index < -0.39 is 11.4 Å². The molecule has 4 heterocycles. The normalized spacial score (nSPS) is 31.8. The number of nitrogens with one attached hydrogen (secondary N) is 1. The van der Waals surface area contributed by atoms with E-state index in [1.54, 1.807) is 0 Å². The fourth-order valence-corrected chi connectivity index (χ4v) is 2.63. The number of hydrogen-bond donors (Lipinski definition) is 1. The number of aromatic nitrogens is 2. The van der Waals surface area contributed by atoms with Crippen molar-refractivity contribution in [3.63, 3.8) is 0 Å². The number of nitrogens with zero attached hydrogens (tertiary/aromatic N) is 3. The number of aromatic amines is 1. The van der Waals surface area contributed by atoms with Gasteiger partial charge in [-0.05, 0) is 6.92 Å². The van der Waals surface area contributed by atoms with Gasteiger partial charge in [0.05, 0.1) is 11.7 Å². The third-order valence-corrected chi connectivity index (χ3v) is 3.64. The van der Waals surface area contributed by atoms with Gasteiger partial charge < -0.3 is 4.98 Å². The van der Waals surface area contributed by atoms with Crippen LogP contribution in [0, 0.1) is 12.7 Å². The lowest BCUT2D eigenvalue weighted by atomic mass is 10.1. The summed E-state index contributed by atoms with van der Waals surface area (Å²) in [4.78, 5) is 22.8. The molecule has 0 saturated carbocycles. The van der Waals surface area contributed by atoms with E-state index in [1.165, 1.54) is 6.92 Å². The van der Waals surface area contributed by atoms with Gasteiger partial charge in [0.25, 0.3) is 5.56 Å². The fraction of sp³-hybridized carbons (Fsp3) is 0.636. The van der Waals surface area contributed by atoms with E-state index in [2.05, 4.69) is 19.8 Å². The maximum atomic E-state index is 13.2. The van der Waals surface area contributed by atoms with E-state index in [0.717, 1.165) is 32.7 Å². The number of hydrogen-bond acceptors (Lipinski definition) is 4. The van der Waals surface area contributed by atoms with E-state index >= 15 is 0 Å². The summed E-state index contributed by atoms with van der Waals surface area (Å²) in [6.45, 7) is 6.52. The van der Waals surface area contributed by atoms with Crippen molar-refractivity contribution in [3.8, 4) is 0 Å². The molecule has 3 fully saturated rings. The second kappa shape index (κ2) is 3.89. The summed E-state index contributed by atoms with van der Waals surface area (Å²) in [5.74, 6) is -0.177. The molecule has 1 aromatic rings. The van der Waals surface area contributed by atoms with Gasteiger partial charge in [-0.15, -0.1) is 0 Å². The van der Waals surface area contributed by atoms with Gasteiger partial charge in [-0.1, -0.05) is 0 Å². The van der Waals surface area contributed by atoms with Gasteiger partial charge in [-0.25, -0.2) is 4.98 Å². The van der Waals surface area contributed by atoms with Crippen molar-refractivity contribution in [1.29, 1.82) is 0 Å². The van der Waals surface area contributed by atoms with Gasteiger partial charge in [0.1, 0.15) is 5.82 Å². The minimum Gasteiger partial charge on any atom is -0.307 e. The van der Waals surface area contributed by atoms with Crippen LogP contribution in [0.15, 0.2) is 4.79 Å². The van der Waals surface area contributed by atoms with E-state index in [-0.39, 0.29) is 11.7 Å². The Balaban J connectivity index is 1.97. The zero-order valence-corrected chi connectivity index (χ0v) is 9.74. The minimum atomic E-state index is -0.773. The Morgan fingerprint density at radius 1 is 1.35 bits per heavy atom. The van der Waals surface area contributed by atoms with Crippen molar-refractivity contribution in [2.75, 3.05) is 32.7 Å². The van der Waals surface area contributed by atoms with Crippen molar-refractivity contribution in [3.05, 3.63) is 27.7 Å². The molecule has 1 unspecified atom stereocenters. The number of halogens is 1.